The Hall–Kier alpha value is -3.72. The average molecular weight is 360 g/mol. The van der Waals surface area contributed by atoms with E-state index in [2.05, 4.69) is 10.4 Å². The summed E-state index contributed by atoms with van der Waals surface area (Å²) in [5.74, 6) is 0. The third kappa shape index (κ3) is 5.65. The first kappa shape index (κ1) is 19.6. The first-order valence-electron chi connectivity index (χ1n) is 8.43. The molecule has 3 rings (SSSR count). The van der Waals surface area contributed by atoms with Crippen molar-refractivity contribution in [1.29, 1.82) is 5.26 Å². The van der Waals surface area contributed by atoms with Crippen LogP contribution in [-0.4, -0.2) is 16.2 Å². The maximum Gasteiger partial charge on any atom is 0.266 e. The predicted molar refractivity (Wildman–Crippen MR) is 105 cm³/mol. The standard InChI is InChI=1S/C13H14N2O.C8H6N2O/c1-3-15-13(16)9-8-12(14-15)11-6-4-10(2)5-7-11;9-5-7-2-1-3-8(4-7)10-6-11/h4-9H,3H2,1-2H3;1-4,6H,(H,10,11). The van der Waals surface area contributed by atoms with Crippen LogP contribution in [0.5, 0.6) is 0 Å². The maximum atomic E-state index is 11.4. The molecule has 2 aromatic carbocycles. The van der Waals surface area contributed by atoms with Gasteiger partial charge in [0.2, 0.25) is 6.41 Å². The molecule has 136 valence electrons. The number of rotatable bonds is 4. The van der Waals surface area contributed by atoms with Crippen molar-refractivity contribution in [3.63, 3.8) is 0 Å². The molecule has 27 heavy (non-hydrogen) atoms. The SMILES string of the molecule is CCn1nc(-c2ccc(C)cc2)ccc1=O.N#Cc1cccc(NC=O)c1. The van der Waals surface area contributed by atoms with E-state index in [1.54, 1.807) is 36.4 Å². The maximum absolute atomic E-state index is 11.4. The van der Waals surface area contributed by atoms with Crippen molar-refractivity contribution >= 4 is 12.1 Å². The number of nitrogens with one attached hydrogen (secondary N) is 1. The molecule has 1 heterocycles. The Morgan fingerprint density at radius 2 is 1.89 bits per heavy atom. The van der Waals surface area contributed by atoms with Gasteiger partial charge in [-0.1, -0.05) is 35.9 Å². The molecule has 0 radical (unpaired) electrons. The molecule has 0 bridgehead atoms. The highest BCUT2D eigenvalue weighted by molar-refractivity contribution is 5.71. The van der Waals surface area contributed by atoms with Crippen LogP contribution in [0.2, 0.25) is 0 Å². The zero-order chi connectivity index (χ0) is 19.6. The third-order valence-corrected chi connectivity index (χ3v) is 3.73. The van der Waals surface area contributed by atoms with Crippen LogP contribution in [0.25, 0.3) is 11.3 Å². The van der Waals surface area contributed by atoms with Crippen LogP contribution in [0.4, 0.5) is 5.69 Å². The van der Waals surface area contributed by atoms with E-state index in [0.29, 0.717) is 24.2 Å². The minimum atomic E-state index is -0.0571. The molecule has 1 aromatic heterocycles. The second kappa shape index (κ2) is 9.68. The smallest absolute Gasteiger partial charge is 0.266 e. The van der Waals surface area contributed by atoms with E-state index in [-0.39, 0.29) is 5.56 Å². The molecule has 0 fully saturated rings. The Morgan fingerprint density at radius 1 is 1.15 bits per heavy atom. The number of hydrogen-bond acceptors (Lipinski definition) is 4. The first-order chi connectivity index (χ1) is 13.1. The van der Waals surface area contributed by atoms with E-state index in [1.165, 1.54) is 10.2 Å². The number of anilines is 1. The zero-order valence-corrected chi connectivity index (χ0v) is 15.2. The van der Waals surface area contributed by atoms with E-state index in [1.807, 2.05) is 44.2 Å². The molecule has 0 spiro atoms. The molecule has 6 heteroatoms. The largest absolute Gasteiger partial charge is 0.329 e. The lowest BCUT2D eigenvalue weighted by molar-refractivity contribution is -0.105. The number of amides is 1. The number of carbonyl (C=O) groups is 1. The van der Waals surface area contributed by atoms with E-state index >= 15 is 0 Å². The lowest BCUT2D eigenvalue weighted by Gasteiger charge is -2.04. The summed E-state index contributed by atoms with van der Waals surface area (Å²) in [7, 11) is 0. The van der Waals surface area contributed by atoms with Gasteiger partial charge in [0.25, 0.3) is 5.56 Å². The number of nitrogens with zero attached hydrogens (tertiary/aromatic N) is 3. The summed E-state index contributed by atoms with van der Waals surface area (Å²) >= 11 is 0. The van der Waals surface area contributed by atoms with Gasteiger partial charge in [0.15, 0.2) is 0 Å². The predicted octanol–water partition coefficient (Wildman–Crippen LogP) is 3.37. The molecule has 0 unspecified atom stereocenters. The summed E-state index contributed by atoms with van der Waals surface area (Å²) in [5.41, 5.74) is 4.20. The Morgan fingerprint density at radius 3 is 2.52 bits per heavy atom. The van der Waals surface area contributed by atoms with Crippen LogP contribution >= 0.6 is 0 Å². The van der Waals surface area contributed by atoms with Crippen molar-refractivity contribution in [2.75, 3.05) is 5.32 Å². The van der Waals surface area contributed by atoms with Crippen LogP contribution in [0.15, 0.2) is 65.5 Å². The van der Waals surface area contributed by atoms with Crippen LogP contribution < -0.4 is 10.9 Å². The fourth-order valence-electron chi connectivity index (χ4n) is 2.30. The van der Waals surface area contributed by atoms with Gasteiger partial charge in [0.1, 0.15) is 0 Å². The fraction of sp³-hybridized carbons (Fsp3) is 0.143. The van der Waals surface area contributed by atoms with Crippen molar-refractivity contribution in [2.24, 2.45) is 0 Å². The Kier molecular flexibility index (Phi) is 7.03. The lowest BCUT2D eigenvalue weighted by atomic mass is 10.1. The highest BCUT2D eigenvalue weighted by Gasteiger charge is 2.01. The molecule has 0 saturated heterocycles. The number of nitriles is 1. The molecule has 0 aliphatic carbocycles. The third-order valence-electron chi connectivity index (χ3n) is 3.73. The summed E-state index contributed by atoms with van der Waals surface area (Å²) in [4.78, 5) is 21.4. The van der Waals surface area contributed by atoms with E-state index < -0.39 is 0 Å². The summed E-state index contributed by atoms with van der Waals surface area (Å²) in [6.07, 6.45) is 0.580. The summed E-state index contributed by atoms with van der Waals surface area (Å²) in [6.45, 7) is 4.55. The molecule has 0 aliphatic heterocycles. The van der Waals surface area contributed by atoms with Gasteiger partial charge in [0.05, 0.1) is 17.3 Å². The number of aromatic nitrogens is 2. The van der Waals surface area contributed by atoms with Crippen molar-refractivity contribution in [3.8, 4) is 17.3 Å². The zero-order valence-electron chi connectivity index (χ0n) is 15.2. The van der Waals surface area contributed by atoms with Crippen LogP contribution in [0.1, 0.15) is 18.1 Å². The lowest BCUT2D eigenvalue weighted by Crippen LogP contribution is -2.20. The Balaban J connectivity index is 0.000000208. The quantitative estimate of drug-likeness (QED) is 0.723. The molecular formula is C21H20N4O2. The van der Waals surface area contributed by atoms with Crippen LogP contribution in [0.3, 0.4) is 0 Å². The van der Waals surface area contributed by atoms with E-state index in [9.17, 15) is 9.59 Å². The number of aryl methyl sites for hydroxylation is 2. The summed E-state index contributed by atoms with van der Waals surface area (Å²) in [5, 5.41) is 15.2. The van der Waals surface area contributed by atoms with Crippen molar-refractivity contribution in [2.45, 2.75) is 20.4 Å². The topological polar surface area (TPSA) is 87.8 Å². The van der Waals surface area contributed by atoms with Gasteiger partial charge in [-0.25, -0.2) is 4.68 Å². The second-order valence-corrected chi connectivity index (χ2v) is 5.69. The van der Waals surface area contributed by atoms with E-state index in [0.717, 1.165) is 11.3 Å². The van der Waals surface area contributed by atoms with Crippen LogP contribution in [-0.2, 0) is 11.3 Å². The molecule has 1 amide bonds. The fourth-order valence-corrected chi connectivity index (χ4v) is 2.30. The minimum absolute atomic E-state index is 0.0571. The van der Waals surface area contributed by atoms with Gasteiger partial charge in [0, 0.05) is 23.9 Å². The molecule has 6 nitrogen and oxygen atoms in total. The highest BCUT2D eigenvalue weighted by atomic mass is 16.1. The van der Waals surface area contributed by atoms with Gasteiger partial charge < -0.3 is 5.32 Å². The molecule has 1 N–H and O–H groups in total. The van der Waals surface area contributed by atoms with E-state index in [4.69, 9.17) is 5.26 Å². The van der Waals surface area contributed by atoms with Gasteiger partial charge in [-0.05, 0) is 38.1 Å². The molecule has 0 saturated carbocycles. The second-order valence-electron chi connectivity index (χ2n) is 5.69. The highest BCUT2D eigenvalue weighted by Crippen LogP contribution is 2.15. The Labute approximate surface area is 157 Å². The summed E-state index contributed by atoms with van der Waals surface area (Å²) in [6, 6.07) is 20.1. The van der Waals surface area contributed by atoms with Gasteiger partial charge in [-0.3, -0.25) is 9.59 Å². The first-order valence-corrected chi connectivity index (χ1v) is 8.43. The minimum Gasteiger partial charge on any atom is -0.329 e. The van der Waals surface area contributed by atoms with Crippen molar-refractivity contribution < 1.29 is 4.79 Å². The summed E-state index contributed by atoms with van der Waals surface area (Å²) < 4.78 is 1.47. The molecule has 3 aromatic rings. The van der Waals surface area contributed by atoms with Gasteiger partial charge in [-0.2, -0.15) is 10.4 Å². The normalized spacial score (nSPS) is 9.52. The van der Waals surface area contributed by atoms with Gasteiger partial charge in [-0.15, -0.1) is 0 Å². The monoisotopic (exact) mass is 360 g/mol. The Bertz CT molecular complexity index is 1000. The molecule has 0 atom stereocenters. The molecule has 0 aliphatic rings. The number of hydrogen-bond donors (Lipinski definition) is 1. The van der Waals surface area contributed by atoms with Crippen molar-refractivity contribution in [3.05, 3.63) is 82.1 Å². The molecular weight excluding hydrogens is 340 g/mol. The number of benzene rings is 2. The number of carbonyl (C=O) groups excluding carboxylic acids is 1. The van der Waals surface area contributed by atoms with Crippen molar-refractivity contribution in [1.82, 2.24) is 9.78 Å². The van der Waals surface area contributed by atoms with Crippen LogP contribution in [0, 0.1) is 18.3 Å². The average Bonchev–Trinajstić information content (AvgIpc) is 2.70. The van der Waals surface area contributed by atoms with Gasteiger partial charge >= 0.3 is 0 Å².